The molecule has 0 saturated carbocycles. The van der Waals surface area contributed by atoms with Gasteiger partial charge in [-0.25, -0.2) is 0 Å². The molecule has 0 unspecified atom stereocenters. The molecule has 3 aromatic rings. The Labute approximate surface area is 201 Å². The number of nitrogens with zero attached hydrogens (tertiary/aromatic N) is 4. The van der Waals surface area contributed by atoms with Crippen molar-refractivity contribution in [2.75, 3.05) is 6.54 Å². The van der Waals surface area contributed by atoms with Crippen molar-refractivity contribution in [1.29, 1.82) is 0 Å². The van der Waals surface area contributed by atoms with E-state index in [1.807, 2.05) is 21.7 Å². The number of hydrogen-bond donors (Lipinski definition) is 1. The second kappa shape index (κ2) is 10.6. The van der Waals surface area contributed by atoms with Crippen LogP contribution in [0.4, 0.5) is 0 Å². The van der Waals surface area contributed by atoms with Crippen molar-refractivity contribution in [1.82, 2.24) is 25.0 Å². The van der Waals surface area contributed by atoms with Gasteiger partial charge in [0.05, 0.1) is 0 Å². The number of rotatable bonds is 8. The average molecular weight is 460 g/mol. The predicted molar refractivity (Wildman–Crippen MR) is 131 cm³/mol. The molecule has 178 valence electrons. The Morgan fingerprint density at radius 3 is 2.62 bits per heavy atom. The summed E-state index contributed by atoms with van der Waals surface area (Å²) in [5.41, 5.74) is 5.68. The summed E-state index contributed by atoms with van der Waals surface area (Å²) in [5, 5.41) is 7.66. The number of aromatic nitrogens is 3. The van der Waals surface area contributed by atoms with Gasteiger partial charge in [-0.1, -0.05) is 49.7 Å². The van der Waals surface area contributed by atoms with Gasteiger partial charge in [-0.05, 0) is 36.5 Å². The zero-order valence-electron chi connectivity index (χ0n) is 20.3. The number of hydrogen-bond acceptors (Lipinski definition) is 4. The Morgan fingerprint density at radius 2 is 1.91 bits per heavy atom. The van der Waals surface area contributed by atoms with Gasteiger partial charge in [-0.15, -0.1) is 0 Å². The van der Waals surface area contributed by atoms with E-state index in [0.29, 0.717) is 50.5 Å². The van der Waals surface area contributed by atoms with Crippen LogP contribution in [0.5, 0.6) is 0 Å². The van der Waals surface area contributed by atoms with Crippen molar-refractivity contribution >= 4 is 11.8 Å². The Bertz CT molecular complexity index is 1140. The van der Waals surface area contributed by atoms with Crippen molar-refractivity contribution in [3.05, 3.63) is 82.4 Å². The summed E-state index contributed by atoms with van der Waals surface area (Å²) in [6.07, 6.45) is 5.33. The first-order valence-electron chi connectivity index (χ1n) is 12.0. The number of aryl methyl sites for hydroxylation is 2. The fourth-order valence-corrected chi connectivity index (χ4v) is 4.32. The molecule has 0 spiro atoms. The minimum absolute atomic E-state index is 0.115. The lowest BCUT2D eigenvalue weighted by Gasteiger charge is -2.28. The molecule has 0 fully saturated rings. The van der Waals surface area contributed by atoms with Crippen LogP contribution in [0.15, 0.2) is 48.8 Å². The van der Waals surface area contributed by atoms with Gasteiger partial charge in [0.1, 0.15) is 0 Å². The lowest BCUT2D eigenvalue weighted by atomic mass is 10.0. The van der Waals surface area contributed by atoms with Crippen LogP contribution in [0.25, 0.3) is 0 Å². The Hall–Kier alpha value is -3.48. The highest BCUT2D eigenvalue weighted by molar-refractivity contribution is 5.94. The molecule has 0 radical (unpaired) electrons. The normalized spacial score (nSPS) is 13.1. The minimum atomic E-state index is -0.212. The largest absolute Gasteiger partial charge is 0.346 e. The van der Waals surface area contributed by atoms with Gasteiger partial charge < -0.3 is 10.2 Å². The number of amides is 2. The van der Waals surface area contributed by atoms with Gasteiger partial charge in [-0.2, -0.15) is 5.10 Å². The lowest BCUT2D eigenvalue weighted by Crippen LogP contribution is -2.37. The van der Waals surface area contributed by atoms with Gasteiger partial charge in [0, 0.05) is 62.7 Å². The first kappa shape index (κ1) is 23.7. The molecule has 1 aliphatic rings. The SMILES string of the molecule is Cc1ccc(CCC(=O)N2CCc3c(c(C(=O)NCc4cccnc4)nn3CC(C)C)C2)cc1. The van der Waals surface area contributed by atoms with Crippen molar-refractivity contribution < 1.29 is 9.59 Å². The molecule has 0 saturated heterocycles. The number of carbonyl (C=O) groups excluding carboxylic acids is 2. The molecule has 1 aliphatic heterocycles. The number of carbonyl (C=O) groups is 2. The highest BCUT2D eigenvalue weighted by Crippen LogP contribution is 2.24. The van der Waals surface area contributed by atoms with Crippen molar-refractivity contribution in [3.63, 3.8) is 0 Å². The van der Waals surface area contributed by atoms with Gasteiger partial charge in [0.15, 0.2) is 5.69 Å². The molecule has 34 heavy (non-hydrogen) atoms. The lowest BCUT2D eigenvalue weighted by molar-refractivity contribution is -0.132. The zero-order chi connectivity index (χ0) is 24.1. The molecule has 1 N–H and O–H groups in total. The summed E-state index contributed by atoms with van der Waals surface area (Å²) in [4.78, 5) is 32.1. The van der Waals surface area contributed by atoms with Crippen molar-refractivity contribution in [3.8, 4) is 0 Å². The van der Waals surface area contributed by atoms with E-state index in [-0.39, 0.29) is 11.8 Å². The molecule has 0 atom stereocenters. The third kappa shape index (κ3) is 5.71. The Kier molecular flexibility index (Phi) is 7.40. The van der Waals surface area contributed by atoms with E-state index in [0.717, 1.165) is 28.9 Å². The minimum Gasteiger partial charge on any atom is -0.346 e. The van der Waals surface area contributed by atoms with Crippen LogP contribution >= 0.6 is 0 Å². The van der Waals surface area contributed by atoms with E-state index >= 15 is 0 Å². The molecular weight excluding hydrogens is 426 g/mol. The van der Waals surface area contributed by atoms with E-state index in [1.54, 1.807) is 12.4 Å². The summed E-state index contributed by atoms with van der Waals surface area (Å²) in [5.74, 6) is 0.311. The first-order valence-corrected chi connectivity index (χ1v) is 12.0. The third-order valence-corrected chi connectivity index (χ3v) is 6.16. The van der Waals surface area contributed by atoms with Crippen LogP contribution in [0, 0.1) is 12.8 Å². The number of benzene rings is 1. The topological polar surface area (TPSA) is 80.1 Å². The predicted octanol–water partition coefficient (Wildman–Crippen LogP) is 3.69. The average Bonchev–Trinajstić information content (AvgIpc) is 3.19. The van der Waals surface area contributed by atoms with Gasteiger partial charge in [-0.3, -0.25) is 19.3 Å². The van der Waals surface area contributed by atoms with Gasteiger partial charge in [0.25, 0.3) is 5.91 Å². The summed E-state index contributed by atoms with van der Waals surface area (Å²) in [7, 11) is 0. The van der Waals surface area contributed by atoms with E-state index in [4.69, 9.17) is 5.10 Å². The third-order valence-electron chi connectivity index (χ3n) is 6.16. The molecule has 2 amide bonds. The second-order valence-electron chi connectivity index (χ2n) is 9.44. The quantitative estimate of drug-likeness (QED) is 0.557. The zero-order valence-corrected chi connectivity index (χ0v) is 20.3. The van der Waals surface area contributed by atoms with E-state index in [9.17, 15) is 9.59 Å². The molecule has 3 heterocycles. The first-order chi connectivity index (χ1) is 16.4. The summed E-state index contributed by atoms with van der Waals surface area (Å²) >= 11 is 0. The highest BCUT2D eigenvalue weighted by Gasteiger charge is 2.30. The fourth-order valence-electron chi connectivity index (χ4n) is 4.32. The maximum Gasteiger partial charge on any atom is 0.272 e. The maximum atomic E-state index is 13.1. The van der Waals surface area contributed by atoms with Crippen LogP contribution in [0.1, 0.15) is 58.7 Å². The Balaban J connectivity index is 1.47. The number of pyridine rings is 1. The molecule has 7 nitrogen and oxygen atoms in total. The summed E-state index contributed by atoms with van der Waals surface area (Å²) < 4.78 is 1.97. The monoisotopic (exact) mass is 459 g/mol. The molecule has 2 aromatic heterocycles. The van der Waals surface area contributed by atoms with Crippen LogP contribution in [-0.2, 0) is 37.3 Å². The standard InChI is InChI=1S/C27H33N5O2/c1-19(2)17-32-24-12-14-31(25(33)11-10-21-8-6-20(3)7-9-21)18-23(24)26(30-32)27(34)29-16-22-5-4-13-28-15-22/h4-9,13,15,19H,10-12,14,16-18H2,1-3H3,(H,29,34). The summed E-state index contributed by atoms with van der Waals surface area (Å²) in [6.45, 7) is 8.55. The molecule has 7 heteroatoms. The number of nitrogens with one attached hydrogen (secondary N) is 1. The van der Waals surface area contributed by atoms with Crippen LogP contribution < -0.4 is 5.32 Å². The van der Waals surface area contributed by atoms with E-state index in [1.165, 1.54) is 5.56 Å². The number of fused-ring (bicyclic) bond motifs is 1. The van der Waals surface area contributed by atoms with E-state index in [2.05, 4.69) is 55.3 Å². The molecular formula is C27H33N5O2. The van der Waals surface area contributed by atoms with Crippen LogP contribution in [-0.4, -0.2) is 38.0 Å². The molecule has 0 bridgehead atoms. The second-order valence-corrected chi connectivity index (χ2v) is 9.44. The van der Waals surface area contributed by atoms with Crippen LogP contribution in [0.2, 0.25) is 0 Å². The Morgan fingerprint density at radius 1 is 1.12 bits per heavy atom. The van der Waals surface area contributed by atoms with E-state index < -0.39 is 0 Å². The smallest absolute Gasteiger partial charge is 0.272 e. The van der Waals surface area contributed by atoms with Gasteiger partial charge in [0.2, 0.25) is 5.91 Å². The molecule has 1 aromatic carbocycles. The van der Waals surface area contributed by atoms with Crippen molar-refractivity contribution in [2.24, 2.45) is 5.92 Å². The van der Waals surface area contributed by atoms with Crippen LogP contribution in [0.3, 0.4) is 0 Å². The maximum absolute atomic E-state index is 13.1. The van der Waals surface area contributed by atoms with Crippen molar-refractivity contribution in [2.45, 2.75) is 59.7 Å². The fraction of sp³-hybridized carbons (Fsp3) is 0.407. The molecule has 4 rings (SSSR count). The highest BCUT2D eigenvalue weighted by atomic mass is 16.2. The van der Waals surface area contributed by atoms with Gasteiger partial charge >= 0.3 is 0 Å². The molecule has 0 aliphatic carbocycles. The summed E-state index contributed by atoms with van der Waals surface area (Å²) in [6, 6.07) is 12.1.